The lowest BCUT2D eigenvalue weighted by Gasteiger charge is -2.40. The van der Waals surface area contributed by atoms with Crippen LogP contribution < -0.4 is 25.2 Å². The first-order chi connectivity index (χ1) is 27.1. The van der Waals surface area contributed by atoms with Crippen molar-refractivity contribution in [2.24, 2.45) is 11.8 Å². The van der Waals surface area contributed by atoms with Crippen LogP contribution >= 0.6 is 11.6 Å². The topological polar surface area (TPSA) is 181 Å². The number of piperidine rings is 2. The van der Waals surface area contributed by atoms with Gasteiger partial charge in [-0.1, -0.05) is 11.6 Å². The van der Waals surface area contributed by atoms with Crippen molar-refractivity contribution in [3.8, 4) is 11.8 Å². The third-order valence-corrected chi connectivity index (χ3v) is 12.0. The van der Waals surface area contributed by atoms with E-state index in [2.05, 4.69) is 35.3 Å². The quantitative estimate of drug-likeness (QED) is 0.302. The van der Waals surface area contributed by atoms with E-state index in [4.69, 9.17) is 21.6 Å². The third kappa shape index (κ3) is 7.76. The third-order valence-electron chi connectivity index (χ3n) is 11.6. The highest BCUT2D eigenvalue weighted by atomic mass is 35.5. The molecule has 3 atom stereocenters. The number of nitrogens with one attached hydrogen (secondary N) is 2. The lowest BCUT2D eigenvalue weighted by atomic mass is 9.95. The Labute approximate surface area is 328 Å². The maximum atomic E-state index is 13.3. The van der Waals surface area contributed by atoms with Gasteiger partial charge in [0.25, 0.3) is 11.8 Å². The number of carbonyl (C=O) groups excluding carboxylic acids is 5. The number of nitrogens with zero attached hydrogens (tertiary/aromatic N) is 7. The Balaban J connectivity index is 0.762. The highest BCUT2D eigenvalue weighted by molar-refractivity contribution is 6.31. The van der Waals surface area contributed by atoms with E-state index in [1.54, 1.807) is 42.7 Å². The number of imide groups is 2. The summed E-state index contributed by atoms with van der Waals surface area (Å²) in [5.74, 6) is -0.904. The van der Waals surface area contributed by atoms with Gasteiger partial charge in [0.1, 0.15) is 17.9 Å². The van der Waals surface area contributed by atoms with Crippen molar-refractivity contribution in [1.29, 1.82) is 5.26 Å². The number of aromatic nitrogens is 2. The van der Waals surface area contributed by atoms with Crippen LogP contribution in [0.25, 0.3) is 0 Å². The standard InChI is InChI=1S/C40H42ClN9O6/c41-33-19-30(5-2-26(33)20-42)56-29-4-1-25(17-29)36(52)46-40-43-21-28(22-44-40)48-11-9-24(10-12-48)23-47-13-15-49(16-14-47)27-3-6-31-32(18-27)39(55)50(38(31)54)34-7-8-35(51)45-37(34)53/h2-3,5-6,18-19,21-22,24-25,29,34H,1,4,7-17,23H2,(H,45,51,53)(H,43,44,46,52)/t25-,29-,34?/m0/s1. The highest BCUT2D eigenvalue weighted by Gasteiger charge is 2.45. The molecule has 2 aromatic carbocycles. The van der Waals surface area contributed by atoms with Crippen molar-refractivity contribution in [1.82, 2.24) is 25.1 Å². The number of hydrogen-bond acceptors (Lipinski definition) is 12. The molecule has 4 aliphatic heterocycles. The Morgan fingerprint density at radius 2 is 1.61 bits per heavy atom. The number of hydrogen-bond donors (Lipinski definition) is 2. The summed E-state index contributed by atoms with van der Waals surface area (Å²) < 4.78 is 6.03. The summed E-state index contributed by atoms with van der Waals surface area (Å²) in [4.78, 5) is 80.3. The van der Waals surface area contributed by atoms with Crippen molar-refractivity contribution in [3.05, 3.63) is 70.5 Å². The fourth-order valence-corrected chi connectivity index (χ4v) is 8.69. The number of amides is 5. The summed E-state index contributed by atoms with van der Waals surface area (Å²) in [6.07, 6.45) is 7.73. The molecule has 3 aromatic rings. The molecular formula is C40H42ClN9O6. The van der Waals surface area contributed by atoms with Crippen molar-refractivity contribution < 1.29 is 28.7 Å². The van der Waals surface area contributed by atoms with Crippen LogP contribution in [0.3, 0.4) is 0 Å². The van der Waals surface area contributed by atoms with E-state index < -0.39 is 29.7 Å². The molecule has 2 N–H and O–H groups in total. The van der Waals surface area contributed by atoms with E-state index in [1.807, 2.05) is 12.1 Å². The second-order valence-electron chi connectivity index (χ2n) is 15.2. The Morgan fingerprint density at radius 3 is 2.32 bits per heavy atom. The molecule has 16 heteroatoms. The monoisotopic (exact) mass is 779 g/mol. The van der Waals surface area contributed by atoms with Crippen molar-refractivity contribution in [3.63, 3.8) is 0 Å². The molecule has 8 rings (SSSR count). The molecule has 56 heavy (non-hydrogen) atoms. The van der Waals surface area contributed by atoms with E-state index in [9.17, 15) is 24.0 Å². The van der Waals surface area contributed by atoms with E-state index in [0.717, 1.165) is 81.4 Å². The van der Waals surface area contributed by atoms with Gasteiger partial charge in [0.2, 0.25) is 23.7 Å². The molecule has 1 unspecified atom stereocenters. The predicted molar refractivity (Wildman–Crippen MR) is 205 cm³/mol. The van der Waals surface area contributed by atoms with Crippen molar-refractivity contribution in [2.45, 2.75) is 57.1 Å². The molecule has 1 aliphatic carbocycles. The number of rotatable bonds is 9. The van der Waals surface area contributed by atoms with Crippen molar-refractivity contribution in [2.75, 3.05) is 60.9 Å². The van der Waals surface area contributed by atoms with Gasteiger partial charge in [-0.3, -0.25) is 44.4 Å². The van der Waals surface area contributed by atoms with Crippen LogP contribution in [0.1, 0.15) is 71.2 Å². The van der Waals surface area contributed by atoms with Gasteiger partial charge < -0.3 is 14.5 Å². The second-order valence-corrected chi connectivity index (χ2v) is 15.6. The average molecular weight is 780 g/mol. The highest BCUT2D eigenvalue weighted by Crippen LogP contribution is 2.33. The Kier molecular flexibility index (Phi) is 10.6. The number of piperazine rings is 1. The zero-order valence-corrected chi connectivity index (χ0v) is 31.5. The summed E-state index contributed by atoms with van der Waals surface area (Å²) in [7, 11) is 0. The largest absolute Gasteiger partial charge is 0.490 e. The van der Waals surface area contributed by atoms with Gasteiger partial charge in [0, 0.05) is 69.9 Å². The van der Waals surface area contributed by atoms with Crippen molar-refractivity contribution >= 4 is 58.5 Å². The summed E-state index contributed by atoms with van der Waals surface area (Å²) >= 11 is 6.13. The van der Waals surface area contributed by atoms with E-state index in [0.29, 0.717) is 40.7 Å². The number of anilines is 3. The lowest BCUT2D eigenvalue weighted by molar-refractivity contribution is -0.136. The summed E-state index contributed by atoms with van der Waals surface area (Å²) in [5, 5.41) is 14.5. The SMILES string of the molecule is N#Cc1ccc(O[C@H]2CC[C@H](C(=O)Nc3ncc(N4CCC(CN5CCN(c6ccc7c(c6)C(=O)N(C6CCC(=O)NC6=O)C7=O)CC5)CC4)cn3)C2)cc1Cl. The first-order valence-electron chi connectivity index (χ1n) is 19.2. The predicted octanol–water partition coefficient (Wildman–Crippen LogP) is 3.63. The summed E-state index contributed by atoms with van der Waals surface area (Å²) in [5.41, 5.74) is 2.78. The molecule has 0 radical (unpaired) electrons. The number of fused-ring (bicyclic) bond motifs is 1. The zero-order valence-electron chi connectivity index (χ0n) is 30.8. The van der Waals surface area contributed by atoms with Gasteiger partial charge >= 0.3 is 0 Å². The first-order valence-corrected chi connectivity index (χ1v) is 19.6. The Hall–Kier alpha value is -5.59. The number of benzene rings is 2. The van der Waals surface area contributed by atoms with Crippen LogP contribution in [-0.2, 0) is 14.4 Å². The zero-order chi connectivity index (χ0) is 38.9. The maximum absolute atomic E-state index is 13.3. The minimum absolute atomic E-state index is 0.0880. The summed E-state index contributed by atoms with van der Waals surface area (Å²) in [6, 6.07) is 11.3. The normalized spacial score (nSPS) is 23.2. The van der Waals surface area contributed by atoms with Gasteiger partial charge in [-0.25, -0.2) is 9.97 Å². The molecule has 5 aliphatic rings. The number of nitriles is 1. The molecule has 290 valence electrons. The van der Waals surface area contributed by atoms with Crippen LogP contribution in [0.5, 0.6) is 5.75 Å². The molecule has 3 saturated heterocycles. The fourth-order valence-electron chi connectivity index (χ4n) is 8.48. The van der Waals surface area contributed by atoms with E-state index in [1.165, 1.54) is 0 Å². The molecule has 5 amide bonds. The fraction of sp³-hybridized carbons (Fsp3) is 0.450. The van der Waals surface area contributed by atoms with E-state index >= 15 is 0 Å². The van der Waals surface area contributed by atoms with Gasteiger partial charge in [0.05, 0.1) is 45.9 Å². The molecule has 0 bridgehead atoms. The van der Waals surface area contributed by atoms with Crippen LogP contribution in [0.4, 0.5) is 17.3 Å². The minimum Gasteiger partial charge on any atom is -0.490 e. The maximum Gasteiger partial charge on any atom is 0.262 e. The number of ether oxygens (including phenoxy) is 1. The molecule has 1 aromatic heterocycles. The average Bonchev–Trinajstić information content (AvgIpc) is 3.77. The molecule has 15 nitrogen and oxygen atoms in total. The molecule has 5 heterocycles. The second kappa shape index (κ2) is 15.9. The molecule has 1 saturated carbocycles. The molecule has 0 spiro atoms. The summed E-state index contributed by atoms with van der Waals surface area (Å²) in [6.45, 7) is 6.15. The lowest BCUT2D eigenvalue weighted by Crippen LogP contribution is -2.54. The van der Waals surface area contributed by atoms with Gasteiger partial charge in [-0.05, 0) is 74.8 Å². The van der Waals surface area contributed by atoms with Crippen LogP contribution in [0, 0.1) is 23.2 Å². The smallest absolute Gasteiger partial charge is 0.262 e. The van der Waals surface area contributed by atoms with Gasteiger partial charge in [-0.2, -0.15) is 5.26 Å². The number of carbonyl (C=O) groups is 5. The van der Waals surface area contributed by atoms with Gasteiger partial charge in [-0.15, -0.1) is 0 Å². The van der Waals surface area contributed by atoms with Crippen LogP contribution in [0.2, 0.25) is 5.02 Å². The molecule has 4 fully saturated rings. The van der Waals surface area contributed by atoms with Gasteiger partial charge in [0.15, 0.2) is 0 Å². The van der Waals surface area contributed by atoms with Crippen LogP contribution in [-0.4, -0.2) is 107 Å². The van der Waals surface area contributed by atoms with E-state index in [-0.39, 0.29) is 42.3 Å². The molecular weight excluding hydrogens is 738 g/mol. The Bertz CT molecular complexity index is 2090. The minimum atomic E-state index is -0.977. The number of halogens is 1. The Morgan fingerprint density at radius 1 is 0.875 bits per heavy atom. The van der Waals surface area contributed by atoms with Crippen LogP contribution in [0.15, 0.2) is 48.8 Å². The first kappa shape index (κ1) is 37.3.